The zero-order chi connectivity index (χ0) is 18.1. The largest absolute Gasteiger partial charge is 0.378 e. The number of fused-ring (bicyclic) bond motifs is 1. The summed E-state index contributed by atoms with van der Waals surface area (Å²) in [4.78, 5) is 9.35. The molecule has 7 nitrogen and oxygen atoms in total. The van der Waals surface area contributed by atoms with Crippen LogP contribution in [0.1, 0.15) is 70.1 Å². The highest BCUT2D eigenvalue weighted by Crippen LogP contribution is 2.57. The van der Waals surface area contributed by atoms with E-state index in [1.54, 1.807) is 0 Å². The third-order valence-corrected chi connectivity index (χ3v) is 6.36. The van der Waals surface area contributed by atoms with Gasteiger partial charge in [0.05, 0.1) is 12.1 Å². The molecule has 0 amide bonds. The fraction of sp³-hybridized carbons (Fsp3) is 0.842. The van der Waals surface area contributed by atoms with E-state index < -0.39 is 0 Å². The molecule has 26 heavy (non-hydrogen) atoms. The van der Waals surface area contributed by atoms with Gasteiger partial charge in [0, 0.05) is 31.2 Å². The molecule has 2 N–H and O–H groups in total. The van der Waals surface area contributed by atoms with Crippen LogP contribution in [0.3, 0.4) is 0 Å². The van der Waals surface area contributed by atoms with Crippen molar-refractivity contribution < 1.29 is 4.74 Å². The summed E-state index contributed by atoms with van der Waals surface area (Å²) in [5, 5.41) is 11.9. The monoisotopic (exact) mass is 360 g/mol. The zero-order valence-corrected chi connectivity index (χ0v) is 16.3. The Morgan fingerprint density at radius 3 is 2.85 bits per heavy atom. The molecule has 7 heteroatoms. The Balaban J connectivity index is 1.44. The van der Waals surface area contributed by atoms with Crippen LogP contribution in [0.5, 0.6) is 0 Å². The fourth-order valence-electron chi connectivity index (χ4n) is 4.87. The molecule has 2 aliphatic carbocycles. The molecule has 1 spiro atoms. The van der Waals surface area contributed by atoms with Gasteiger partial charge in [0.25, 0.3) is 0 Å². The van der Waals surface area contributed by atoms with E-state index in [0.717, 1.165) is 56.6 Å². The number of hydrogen-bond acceptors (Lipinski definition) is 4. The molecule has 2 heterocycles. The second-order valence-corrected chi connectivity index (χ2v) is 7.87. The molecule has 0 aromatic carbocycles. The molecule has 1 aromatic heterocycles. The van der Waals surface area contributed by atoms with Gasteiger partial charge in [-0.25, -0.2) is 9.67 Å². The minimum Gasteiger partial charge on any atom is -0.378 e. The van der Waals surface area contributed by atoms with Crippen molar-refractivity contribution in [2.24, 2.45) is 10.4 Å². The number of nitrogens with one attached hydrogen (secondary N) is 2. The first-order chi connectivity index (χ1) is 12.7. The standard InChI is InChI=1S/C19H32N6O/c1-4-20-18(22-14-8-6-11-25-17(14)21-13(3)24-25)23-15-12-16(26-5-2)19(15)9-7-10-19/h14-16H,4-12H2,1-3H3,(H2,20,22,23). The first kappa shape index (κ1) is 17.8. The maximum atomic E-state index is 5.98. The highest BCUT2D eigenvalue weighted by atomic mass is 16.5. The highest BCUT2D eigenvalue weighted by molar-refractivity contribution is 5.80. The topological polar surface area (TPSA) is 76.4 Å². The van der Waals surface area contributed by atoms with Crippen LogP contribution in [0, 0.1) is 12.3 Å². The number of hydrogen-bond donors (Lipinski definition) is 2. The highest BCUT2D eigenvalue weighted by Gasteiger charge is 2.59. The SMILES string of the molecule is CCN=C(NC1CCCn2nc(C)nc21)NC1CC(OCC)C12CCC2. The summed E-state index contributed by atoms with van der Waals surface area (Å²) in [7, 11) is 0. The van der Waals surface area contributed by atoms with Crippen molar-refractivity contribution >= 4 is 5.96 Å². The van der Waals surface area contributed by atoms with Gasteiger partial charge in [-0.3, -0.25) is 4.99 Å². The summed E-state index contributed by atoms with van der Waals surface area (Å²) in [6.07, 6.45) is 7.55. The van der Waals surface area contributed by atoms with Gasteiger partial charge in [-0.15, -0.1) is 0 Å². The van der Waals surface area contributed by atoms with Crippen molar-refractivity contribution in [1.82, 2.24) is 25.4 Å². The van der Waals surface area contributed by atoms with E-state index in [1.165, 1.54) is 19.3 Å². The van der Waals surface area contributed by atoms with E-state index >= 15 is 0 Å². The summed E-state index contributed by atoms with van der Waals surface area (Å²) >= 11 is 0. The van der Waals surface area contributed by atoms with E-state index in [4.69, 9.17) is 9.73 Å². The molecule has 4 rings (SSSR count). The van der Waals surface area contributed by atoms with Crippen molar-refractivity contribution in [3.8, 4) is 0 Å². The minimum atomic E-state index is 0.183. The average molecular weight is 361 g/mol. The molecular weight excluding hydrogens is 328 g/mol. The van der Waals surface area contributed by atoms with Crippen LogP contribution in [-0.2, 0) is 11.3 Å². The quantitative estimate of drug-likeness (QED) is 0.622. The van der Waals surface area contributed by atoms with Crippen LogP contribution in [0.2, 0.25) is 0 Å². The predicted molar refractivity (Wildman–Crippen MR) is 101 cm³/mol. The van der Waals surface area contributed by atoms with Crippen LogP contribution in [0.15, 0.2) is 4.99 Å². The Kier molecular flexibility index (Phi) is 4.90. The third-order valence-electron chi connectivity index (χ3n) is 6.36. The van der Waals surface area contributed by atoms with Crippen molar-refractivity contribution in [2.75, 3.05) is 13.2 Å². The normalized spacial score (nSPS) is 29.7. The van der Waals surface area contributed by atoms with Gasteiger partial charge in [-0.05, 0) is 52.9 Å². The molecule has 144 valence electrons. The number of guanidine groups is 1. The van der Waals surface area contributed by atoms with Gasteiger partial charge in [0.2, 0.25) is 0 Å². The van der Waals surface area contributed by atoms with Crippen LogP contribution < -0.4 is 10.6 Å². The second-order valence-electron chi connectivity index (χ2n) is 7.87. The number of aliphatic imine (C=N–C) groups is 1. The van der Waals surface area contributed by atoms with Crippen molar-refractivity contribution in [2.45, 2.75) is 84.0 Å². The molecule has 3 aliphatic rings. The molecule has 0 saturated heterocycles. The average Bonchev–Trinajstić information content (AvgIpc) is 2.93. The Hall–Kier alpha value is -1.63. The lowest BCUT2D eigenvalue weighted by Crippen LogP contribution is -2.68. The number of rotatable bonds is 5. The lowest BCUT2D eigenvalue weighted by Gasteiger charge is -2.61. The summed E-state index contributed by atoms with van der Waals surface area (Å²) in [6.45, 7) is 8.68. The van der Waals surface area contributed by atoms with Gasteiger partial charge < -0.3 is 15.4 Å². The number of aromatic nitrogens is 3. The Morgan fingerprint density at radius 1 is 1.31 bits per heavy atom. The molecule has 1 aromatic rings. The summed E-state index contributed by atoms with van der Waals surface area (Å²) in [6, 6.07) is 0.650. The first-order valence-electron chi connectivity index (χ1n) is 10.3. The van der Waals surface area contributed by atoms with Crippen molar-refractivity contribution in [3.63, 3.8) is 0 Å². The molecule has 0 bridgehead atoms. The van der Waals surface area contributed by atoms with Gasteiger partial charge in [0.15, 0.2) is 5.96 Å². The number of ether oxygens (including phenoxy) is 1. The number of aryl methyl sites for hydroxylation is 2. The third kappa shape index (κ3) is 3.00. The molecule has 3 atom stereocenters. The molecule has 3 unspecified atom stereocenters. The predicted octanol–water partition coefficient (Wildman–Crippen LogP) is 2.32. The Morgan fingerprint density at radius 2 is 2.15 bits per heavy atom. The van der Waals surface area contributed by atoms with E-state index in [2.05, 4.69) is 34.6 Å². The maximum absolute atomic E-state index is 5.98. The number of nitrogens with zero attached hydrogens (tertiary/aromatic N) is 4. The van der Waals surface area contributed by atoms with Crippen molar-refractivity contribution in [3.05, 3.63) is 11.6 Å². The molecule has 0 radical (unpaired) electrons. The Bertz CT molecular complexity index is 665. The molecule has 2 fully saturated rings. The minimum absolute atomic E-state index is 0.183. The van der Waals surface area contributed by atoms with E-state index in [9.17, 15) is 0 Å². The molecule has 2 saturated carbocycles. The maximum Gasteiger partial charge on any atom is 0.192 e. The van der Waals surface area contributed by atoms with Crippen LogP contribution in [0.4, 0.5) is 0 Å². The van der Waals surface area contributed by atoms with Crippen LogP contribution in [0.25, 0.3) is 0 Å². The fourth-order valence-corrected chi connectivity index (χ4v) is 4.87. The summed E-state index contributed by atoms with van der Waals surface area (Å²) in [5.41, 5.74) is 0.329. The van der Waals surface area contributed by atoms with Crippen LogP contribution >= 0.6 is 0 Å². The zero-order valence-electron chi connectivity index (χ0n) is 16.3. The lowest BCUT2D eigenvalue weighted by molar-refractivity contribution is -0.168. The van der Waals surface area contributed by atoms with Gasteiger partial charge in [0.1, 0.15) is 11.6 Å². The molecular formula is C19H32N6O. The van der Waals surface area contributed by atoms with Gasteiger partial charge in [-0.1, -0.05) is 6.42 Å². The smallest absolute Gasteiger partial charge is 0.192 e. The summed E-state index contributed by atoms with van der Waals surface area (Å²) in [5.74, 6) is 2.80. The van der Waals surface area contributed by atoms with E-state index in [0.29, 0.717) is 17.6 Å². The van der Waals surface area contributed by atoms with E-state index in [1.807, 2.05) is 11.6 Å². The molecule has 1 aliphatic heterocycles. The van der Waals surface area contributed by atoms with Crippen molar-refractivity contribution in [1.29, 1.82) is 0 Å². The van der Waals surface area contributed by atoms with Gasteiger partial charge in [-0.2, -0.15) is 5.10 Å². The lowest BCUT2D eigenvalue weighted by atomic mass is 9.51. The Labute approximate surface area is 156 Å². The van der Waals surface area contributed by atoms with Crippen LogP contribution in [-0.4, -0.2) is 46.0 Å². The first-order valence-corrected chi connectivity index (χ1v) is 10.3. The second kappa shape index (κ2) is 7.18. The van der Waals surface area contributed by atoms with E-state index in [-0.39, 0.29) is 6.04 Å². The van der Waals surface area contributed by atoms with Gasteiger partial charge >= 0.3 is 0 Å². The summed E-state index contributed by atoms with van der Waals surface area (Å²) < 4.78 is 8.03.